The van der Waals surface area contributed by atoms with Gasteiger partial charge in [0, 0.05) is 62.5 Å². The quantitative estimate of drug-likeness (QED) is 0.0702. The molecule has 2 aliphatic heterocycles. The van der Waals surface area contributed by atoms with Crippen molar-refractivity contribution in [1.82, 2.24) is 30.1 Å². The van der Waals surface area contributed by atoms with Crippen molar-refractivity contribution in [2.24, 2.45) is 5.92 Å². The van der Waals surface area contributed by atoms with Gasteiger partial charge in [0.25, 0.3) is 5.91 Å². The van der Waals surface area contributed by atoms with E-state index in [0.717, 1.165) is 79.5 Å². The molecule has 68 heavy (non-hydrogen) atoms. The fourth-order valence-electron chi connectivity index (χ4n) is 8.73. The van der Waals surface area contributed by atoms with Crippen LogP contribution >= 0.6 is 22.7 Å². The first-order valence-electron chi connectivity index (χ1n) is 23.1. The zero-order chi connectivity index (χ0) is 48.1. The molecule has 0 unspecified atom stereocenters. The molecule has 4 amide bonds. The number of pyridine rings is 1. The first kappa shape index (κ1) is 48.0. The zero-order valence-corrected chi connectivity index (χ0v) is 40.9. The van der Waals surface area contributed by atoms with E-state index in [-0.39, 0.29) is 49.3 Å². The Morgan fingerprint density at radius 1 is 0.971 bits per heavy atom. The maximum atomic E-state index is 14.3. The Morgan fingerprint density at radius 3 is 2.54 bits per heavy atom. The summed E-state index contributed by atoms with van der Waals surface area (Å²) in [5, 5.41) is 18.1. The minimum Gasteiger partial charge on any atom is -0.493 e. The molecule has 356 valence electrons. The molecule has 17 heteroatoms. The number of aliphatic hydroxyl groups excluding tert-OH is 1. The van der Waals surface area contributed by atoms with Crippen LogP contribution in [0.1, 0.15) is 80.6 Å². The van der Waals surface area contributed by atoms with Gasteiger partial charge >= 0.3 is 6.09 Å². The number of nitrogens with zero attached hydrogens (tertiary/aromatic N) is 6. The second-order valence-corrected chi connectivity index (χ2v) is 19.8. The van der Waals surface area contributed by atoms with Gasteiger partial charge in [-0.25, -0.2) is 14.8 Å². The van der Waals surface area contributed by atoms with Crippen LogP contribution in [0.3, 0.4) is 0 Å². The normalized spacial score (nSPS) is 16.1. The van der Waals surface area contributed by atoms with Gasteiger partial charge in [-0.2, -0.15) is 0 Å². The molecule has 5 heterocycles. The van der Waals surface area contributed by atoms with E-state index in [0.29, 0.717) is 30.2 Å². The summed E-state index contributed by atoms with van der Waals surface area (Å²) in [6, 6.07) is 19.6. The van der Waals surface area contributed by atoms with Crippen LogP contribution in [0.5, 0.6) is 5.75 Å². The van der Waals surface area contributed by atoms with Crippen molar-refractivity contribution in [3.05, 3.63) is 107 Å². The van der Waals surface area contributed by atoms with Crippen molar-refractivity contribution >= 4 is 67.5 Å². The van der Waals surface area contributed by atoms with Crippen LogP contribution in [0.25, 0.3) is 31.8 Å². The highest BCUT2D eigenvalue weighted by Gasteiger charge is 2.46. The lowest BCUT2D eigenvalue weighted by molar-refractivity contribution is -0.143. The van der Waals surface area contributed by atoms with E-state index in [2.05, 4.69) is 26.7 Å². The topological polar surface area (TPSA) is 179 Å². The third-order valence-electron chi connectivity index (χ3n) is 12.3. The summed E-state index contributed by atoms with van der Waals surface area (Å²) >= 11 is 3.14. The summed E-state index contributed by atoms with van der Waals surface area (Å²) in [5.41, 5.74) is 9.33. The van der Waals surface area contributed by atoms with Gasteiger partial charge in [0.05, 0.1) is 57.0 Å². The third kappa shape index (κ3) is 10.8. The Kier molecular flexibility index (Phi) is 15.0. The number of fused-ring (bicyclic) bond motifs is 2. The lowest BCUT2D eigenvalue weighted by Gasteiger charge is -2.35. The zero-order valence-electron chi connectivity index (χ0n) is 39.2. The minimum atomic E-state index is -0.895. The number of aliphatic hydroxyl groups is 1. The molecule has 0 bridgehead atoms. The molecule has 3 atom stereocenters. The Balaban J connectivity index is 0.855. The Bertz CT molecular complexity index is 2790. The molecule has 0 spiro atoms. The molecule has 8 rings (SSSR count). The van der Waals surface area contributed by atoms with Crippen LogP contribution in [0.2, 0.25) is 0 Å². The molecule has 2 aliphatic rings. The summed E-state index contributed by atoms with van der Waals surface area (Å²) < 4.78 is 12.8. The maximum absolute atomic E-state index is 14.3. The van der Waals surface area contributed by atoms with Crippen molar-refractivity contribution in [3.8, 4) is 27.3 Å². The Hall–Kier alpha value is -6.43. The van der Waals surface area contributed by atoms with E-state index >= 15 is 0 Å². The lowest BCUT2D eigenvalue weighted by atomic mass is 10.0. The summed E-state index contributed by atoms with van der Waals surface area (Å²) in [5.74, 6) is -0.493. The average molecular weight is 959 g/mol. The number of carbonyl (C=O) groups is 4. The van der Waals surface area contributed by atoms with Gasteiger partial charge in [-0.3, -0.25) is 24.3 Å². The second-order valence-electron chi connectivity index (χ2n) is 17.9. The number of thiazole rings is 2. The van der Waals surface area contributed by atoms with Crippen molar-refractivity contribution < 1.29 is 33.8 Å². The molecule has 1 fully saturated rings. The molecule has 0 saturated carbocycles. The number of ether oxygens (including phenoxy) is 2. The summed E-state index contributed by atoms with van der Waals surface area (Å²) in [7, 11) is 1.67. The number of rotatable bonds is 18. The van der Waals surface area contributed by atoms with Gasteiger partial charge in [0.15, 0.2) is 5.13 Å². The number of aryl methyl sites for hydroxylation is 1. The van der Waals surface area contributed by atoms with E-state index < -0.39 is 24.3 Å². The number of hydrogen-bond donors (Lipinski definition) is 3. The predicted molar refractivity (Wildman–Crippen MR) is 266 cm³/mol. The van der Waals surface area contributed by atoms with Gasteiger partial charge in [0.1, 0.15) is 17.8 Å². The van der Waals surface area contributed by atoms with Crippen molar-refractivity contribution in [2.45, 2.75) is 97.7 Å². The summed E-state index contributed by atoms with van der Waals surface area (Å²) in [6.07, 6.45) is 4.60. The molecule has 6 aromatic rings. The fraction of sp³-hybridized carbons (Fsp3) is 0.392. The molecule has 3 N–H and O–H groups in total. The van der Waals surface area contributed by atoms with Crippen LogP contribution in [0.15, 0.2) is 84.6 Å². The van der Waals surface area contributed by atoms with Crippen LogP contribution in [0, 0.1) is 12.8 Å². The highest BCUT2D eigenvalue weighted by Crippen LogP contribution is 2.35. The summed E-state index contributed by atoms with van der Waals surface area (Å²) in [4.78, 5) is 73.3. The number of amides is 4. The first-order valence-corrected chi connectivity index (χ1v) is 24.8. The van der Waals surface area contributed by atoms with Crippen LogP contribution in [-0.4, -0.2) is 105 Å². The van der Waals surface area contributed by atoms with Gasteiger partial charge in [-0.15, -0.1) is 11.3 Å². The number of carbonyl (C=O) groups excluding carboxylic acids is 4. The number of hydrogen-bond acceptors (Lipinski definition) is 13. The van der Waals surface area contributed by atoms with E-state index in [1.165, 1.54) is 9.80 Å². The van der Waals surface area contributed by atoms with Crippen LogP contribution < -0.4 is 20.3 Å². The second kappa shape index (κ2) is 21.3. The molecular weight excluding hydrogens is 901 g/mol. The number of aromatic nitrogens is 3. The molecular formula is C51H58N8O7S2. The van der Waals surface area contributed by atoms with E-state index in [1.54, 1.807) is 53.1 Å². The number of nitrogens with one attached hydrogen (secondary N) is 2. The largest absolute Gasteiger partial charge is 0.493 e. The molecule has 0 aliphatic carbocycles. The number of likely N-dealkylation sites (tertiary alicyclic amines) is 1. The van der Waals surface area contributed by atoms with Gasteiger partial charge in [-0.05, 0) is 93.0 Å². The standard InChI is InChI=1S/C51H58N8O7S2/c1-30(2)45(59-27-36-12-8-9-13-40(36)48(59)62)49(63)58-28-39(60)23-42(58)47(61)54-25-35-15-14-34(46-32(5)55-29-67-46)21-43(35)65-19-11-7-10-18-53-50-56-41-17-16-33(22-44(41)68-50)37-20-38(26-52-24-37)57(6)51(64)66-31(3)4/h8-9,12-17,20-22,24,26,29-31,39,42,45,60H,7,10-11,18-19,23,25,27-28H2,1-6H3,(H,53,56)(H,54,61)/t39-,42+,45+/m1/s1. The highest BCUT2D eigenvalue weighted by molar-refractivity contribution is 7.22. The average Bonchev–Trinajstić information content (AvgIpc) is 4.12. The predicted octanol–water partition coefficient (Wildman–Crippen LogP) is 8.69. The monoisotopic (exact) mass is 958 g/mol. The van der Waals surface area contributed by atoms with Crippen LogP contribution in [0.4, 0.5) is 15.6 Å². The highest BCUT2D eigenvalue weighted by atomic mass is 32.1. The van der Waals surface area contributed by atoms with E-state index in [9.17, 15) is 24.3 Å². The van der Waals surface area contributed by atoms with Crippen molar-refractivity contribution in [1.29, 1.82) is 0 Å². The number of anilines is 2. The maximum Gasteiger partial charge on any atom is 0.414 e. The summed E-state index contributed by atoms with van der Waals surface area (Å²) in [6.45, 7) is 11.1. The molecule has 3 aromatic heterocycles. The number of β-amino-alcohol motifs (C(OH)–C–C–N with tert-alkyl or cyclic N) is 1. The third-order valence-corrected chi connectivity index (χ3v) is 14.2. The van der Waals surface area contributed by atoms with E-state index in [1.807, 2.05) is 94.7 Å². The van der Waals surface area contributed by atoms with E-state index in [4.69, 9.17) is 14.5 Å². The Morgan fingerprint density at radius 2 is 1.78 bits per heavy atom. The first-order chi connectivity index (χ1) is 32.7. The smallest absolute Gasteiger partial charge is 0.414 e. The van der Waals surface area contributed by atoms with Gasteiger partial charge in [0.2, 0.25) is 11.8 Å². The number of benzene rings is 3. The number of unbranched alkanes of at least 4 members (excludes halogenated alkanes) is 2. The SMILES string of the molecule is Cc1ncsc1-c1ccc(CNC(=O)[C@@H]2C[C@@H](O)CN2C(=O)[C@H](C(C)C)N2Cc3ccccc3C2=O)c(OCCCCCNc2nc3ccc(-c4cncc(N(C)C(=O)OC(C)C)c4)cc3s2)c1. The van der Waals surface area contributed by atoms with Crippen molar-refractivity contribution in [3.63, 3.8) is 0 Å². The molecule has 15 nitrogen and oxygen atoms in total. The van der Waals surface area contributed by atoms with Gasteiger partial charge in [-0.1, -0.05) is 61.6 Å². The molecule has 3 aromatic carbocycles. The van der Waals surface area contributed by atoms with Crippen molar-refractivity contribution in [2.75, 3.05) is 37.0 Å². The molecule has 1 saturated heterocycles. The van der Waals surface area contributed by atoms with Gasteiger partial charge < -0.3 is 35.0 Å². The lowest BCUT2D eigenvalue weighted by Crippen LogP contribution is -2.55. The van der Waals surface area contributed by atoms with Crippen LogP contribution in [-0.2, 0) is 27.4 Å². The fourth-order valence-corrected chi connectivity index (χ4v) is 10.5. The molecule has 0 radical (unpaired) electrons. The Labute approximate surface area is 404 Å². The minimum absolute atomic E-state index is 0.0105.